The Morgan fingerprint density at radius 2 is 2.06 bits per heavy atom. The Bertz CT molecular complexity index is 525. The van der Waals surface area contributed by atoms with Crippen LogP contribution in [0.15, 0.2) is 22.7 Å². The second-order valence-electron chi connectivity index (χ2n) is 3.89. The van der Waals surface area contributed by atoms with Crippen LogP contribution in [0.4, 0.5) is 5.82 Å². The molecule has 0 amide bonds. The number of nitrogens with two attached hydrogens (primary N) is 1. The first-order valence-corrected chi connectivity index (χ1v) is 5.85. The lowest BCUT2D eigenvalue weighted by Gasteiger charge is -2.09. The van der Waals surface area contributed by atoms with Gasteiger partial charge in [0.2, 0.25) is 0 Å². The highest BCUT2D eigenvalue weighted by atomic mass is 79.9. The molecule has 3 N–H and O–H groups in total. The van der Waals surface area contributed by atoms with E-state index in [4.69, 9.17) is 5.84 Å². The molecule has 5 heteroatoms. The molecule has 0 aliphatic rings. The summed E-state index contributed by atoms with van der Waals surface area (Å²) in [4.78, 5) is 8.89. The van der Waals surface area contributed by atoms with E-state index in [2.05, 4.69) is 45.2 Å². The molecule has 0 aliphatic heterocycles. The highest BCUT2D eigenvalue weighted by Gasteiger charge is 2.09. The molecule has 2 aromatic rings. The van der Waals surface area contributed by atoms with Crippen LogP contribution in [0.3, 0.4) is 0 Å². The highest BCUT2D eigenvalue weighted by molar-refractivity contribution is 9.10. The van der Waals surface area contributed by atoms with Crippen LogP contribution in [-0.2, 0) is 0 Å². The summed E-state index contributed by atoms with van der Waals surface area (Å²) in [5.74, 6) is 7.21. The van der Waals surface area contributed by atoms with E-state index in [0.29, 0.717) is 5.82 Å². The zero-order chi connectivity index (χ0) is 11.7. The first-order valence-electron chi connectivity index (χ1n) is 5.05. The largest absolute Gasteiger partial charge is 0.308 e. The molecule has 2 rings (SSSR count). The molecule has 1 aromatic heterocycles. The molecule has 0 saturated heterocycles. The zero-order valence-corrected chi connectivity index (χ0v) is 10.7. The van der Waals surface area contributed by atoms with Gasteiger partial charge in [-0.05, 0) is 18.2 Å². The van der Waals surface area contributed by atoms with Gasteiger partial charge in [0, 0.05) is 15.8 Å². The molecular weight excluding hydrogens is 268 g/mol. The van der Waals surface area contributed by atoms with Crippen LogP contribution in [0.25, 0.3) is 10.9 Å². The lowest BCUT2D eigenvalue weighted by molar-refractivity contribution is 0.784. The van der Waals surface area contributed by atoms with Gasteiger partial charge in [0.1, 0.15) is 5.82 Å². The number of halogens is 1. The Balaban J connectivity index is 2.73. The van der Waals surface area contributed by atoms with Crippen molar-refractivity contribution in [3.8, 4) is 0 Å². The van der Waals surface area contributed by atoms with E-state index in [0.717, 1.165) is 21.2 Å². The van der Waals surface area contributed by atoms with E-state index in [1.54, 1.807) is 0 Å². The molecule has 0 saturated carbocycles. The second kappa shape index (κ2) is 4.35. The molecule has 0 atom stereocenters. The highest BCUT2D eigenvalue weighted by Crippen LogP contribution is 2.25. The van der Waals surface area contributed by atoms with Gasteiger partial charge in [-0.2, -0.15) is 0 Å². The fourth-order valence-corrected chi connectivity index (χ4v) is 1.85. The molecule has 16 heavy (non-hydrogen) atoms. The zero-order valence-electron chi connectivity index (χ0n) is 9.16. The Kier molecular flexibility index (Phi) is 3.07. The average Bonchev–Trinajstić information content (AvgIpc) is 2.27. The summed E-state index contributed by atoms with van der Waals surface area (Å²) in [5, 5.41) is 0.918. The normalized spacial score (nSPS) is 11.1. The van der Waals surface area contributed by atoms with E-state index in [1.807, 2.05) is 18.2 Å². The fourth-order valence-electron chi connectivity index (χ4n) is 1.49. The van der Waals surface area contributed by atoms with Crippen LogP contribution >= 0.6 is 15.9 Å². The molecule has 84 valence electrons. The van der Waals surface area contributed by atoms with Crippen molar-refractivity contribution in [2.75, 3.05) is 5.43 Å². The van der Waals surface area contributed by atoms with Crippen LogP contribution in [-0.4, -0.2) is 9.97 Å². The number of anilines is 1. The Hall–Kier alpha value is -1.20. The van der Waals surface area contributed by atoms with Crippen molar-refractivity contribution in [1.82, 2.24) is 9.97 Å². The monoisotopic (exact) mass is 280 g/mol. The van der Waals surface area contributed by atoms with Gasteiger partial charge in [-0.25, -0.2) is 15.8 Å². The van der Waals surface area contributed by atoms with Crippen molar-refractivity contribution in [3.63, 3.8) is 0 Å². The number of nitrogen functional groups attached to an aromatic ring is 1. The summed E-state index contributed by atoms with van der Waals surface area (Å²) in [6.45, 7) is 4.11. The molecule has 0 spiro atoms. The summed E-state index contributed by atoms with van der Waals surface area (Å²) in [6, 6.07) is 5.86. The van der Waals surface area contributed by atoms with Crippen LogP contribution in [0, 0.1) is 0 Å². The third kappa shape index (κ3) is 2.01. The van der Waals surface area contributed by atoms with E-state index in [-0.39, 0.29) is 5.92 Å². The Labute approximate surface area is 102 Å². The quantitative estimate of drug-likeness (QED) is 0.656. The van der Waals surface area contributed by atoms with Crippen LogP contribution in [0.2, 0.25) is 0 Å². The number of aromatic nitrogens is 2. The molecule has 0 unspecified atom stereocenters. The van der Waals surface area contributed by atoms with Gasteiger partial charge in [0.05, 0.1) is 5.52 Å². The number of hydrazine groups is 1. The lowest BCUT2D eigenvalue weighted by atomic mass is 10.2. The Morgan fingerprint density at radius 3 is 2.69 bits per heavy atom. The van der Waals surface area contributed by atoms with Gasteiger partial charge >= 0.3 is 0 Å². The minimum atomic E-state index is 0.278. The van der Waals surface area contributed by atoms with Crippen molar-refractivity contribution < 1.29 is 0 Å². The van der Waals surface area contributed by atoms with Crippen molar-refractivity contribution in [1.29, 1.82) is 0 Å². The van der Waals surface area contributed by atoms with Crippen molar-refractivity contribution in [3.05, 3.63) is 28.5 Å². The third-order valence-electron chi connectivity index (χ3n) is 2.33. The molecule has 0 radical (unpaired) electrons. The number of hydrogen-bond donors (Lipinski definition) is 2. The predicted octanol–water partition coefficient (Wildman–Crippen LogP) is 2.80. The number of nitrogens with one attached hydrogen (secondary N) is 1. The summed E-state index contributed by atoms with van der Waals surface area (Å²) in [6.07, 6.45) is 0. The predicted molar refractivity (Wildman–Crippen MR) is 69.1 cm³/mol. The molecule has 0 fully saturated rings. The standard InChI is InChI=1S/C11H13BrN4/c1-6(2)10-14-9-4-3-7(12)5-8(9)11(15-10)16-13/h3-6H,13H2,1-2H3,(H,14,15,16). The van der Waals surface area contributed by atoms with Gasteiger partial charge < -0.3 is 5.43 Å². The number of rotatable bonds is 2. The maximum absolute atomic E-state index is 5.48. The number of nitrogens with zero attached hydrogens (tertiary/aromatic N) is 2. The molecule has 4 nitrogen and oxygen atoms in total. The Morgan fingerprint density at radius 1 is 1.31 bits per heavy atom. The lowest BCUT2D eigenvalue weighted by Crippen LogP contribution is -2.11. The fraction of sp³-hybridized carbons (Fsp3) is 0.273. The minimum absolute atomic E-state index is 0.278. The summed E-state index contributed by atoms with van der Waals surface area (Å²) in [5.41, 5.74) is 3.52. The maximum Gasteiger partial charge on any atom is 0.151 e. The van der Waals surface area contributed by atoms with E-state index in [1.165, 1.54) is 0 Å². The average molecular weight is 281 g/mol. The number of fused-ring (bicyclic) bond motifs is 1. The maximum atomic E-state index is 5.48. The second-order valence-corrected chi connectivity index (χ2v) is 4.81. The summed E-state index contributed by atoms with van der Waals surface area (Å²) in [7, 11) is 0. The molecule has 0 aliphatic carbocycles. The van der Waals surface area contributed by atoms with Crippen molar-refractivity contribution in [2.24, 2.45) is 5.84 Å². The van der Waals surface area contributed by atoms with Crippen LogP contribution in [0.5, 0.6) is 0 Å². The van der Waals surface area contributed by atoms with Crippen molar-refractivity contribution in [2.45, 2.75) is 19.8 Å². The van der Waals surface area contributed by atoms with E-state index in [9.17, 15) is 0 Å². The number of hydrogen-bond acceptors (Lipinski definition) is 4. The van der Waals surface area contributed by atoms with Gasteiger partial charge in [0.25, 0.3) is 0 Å². The van der Waals surface area contributed by atoms with Crippen LogP contribution in [0.1, 0.15) is 25.6 Å². The molecule has 0 bridgehead atoms. The topological polar surface area (TPSA) is 63.8 Å². The first-order chi connectivity index (χ1) is 7.61. The van der Waals surface area contributed by atoms with Gasteiger partial charge in [-0.1, -0.05) is 29.8 Å². The molecule has 1 heterocycles. The van der Waals surface area contributed by atoms with Crippen molar-refractivity contribution >= 4 is 32.7 Å². The van der Waals surface area contributed by atoms with Gasteiger partial charge in [-0.15, -0.1) is 0 Å². The summed E-state index contributed by atoms with van der Waals surface area (Å²) < 4.78 is 0.984. The molecular formula is C11H13BrN4. The van der Waals surface area contributed by atoms with Gasteiger partial charge in [0.15, 0.2) is 5.82 Å². The van der Waals surface area contributed by atoms with Crippen LogP contribution < -0.4 is 11.3 Å². The minimum Gasteiger partial charge on any atom is -0.308 e. The van der Waals surface area contributed by atoms with E-state index < -0.39 is 0 Å². The molecule has 1 aromatic carbocycles. The summed E-state index contributed by atoms with van der Waals surface area (Å²) >= 11 is 3.42. The first kappa shape index (κ1) is 11.3. The smallest absolute Gasteiger partial charge is 0.151 e. The SMILES string of the molecule is CC(C)c1nc(NN)c2cc(Br)ccc2n1. The third-order valence-corrected chi connectivity index (χ3v) is 2.82. The number of benzene rings is 1. The van der Waals surface area contributed by atoms with Gasteiger partial charge in [-0.3, -0.25) is 0 Å². The van der Waals surface area contributed by atoms with E-state index >= 15 is 0 Å².